The summed E-state index contributed by atoms with van der Waals surface area (Å²) in [7, 11) is 0. The molecule has 5 aromatic rings. The van der Waals surface area contributed by atoms with Crippen LogP contribution in [0.15, 0.2) is 115 Å². The average Bonchev–Trinajstić information content (AvgIpc) is 3.16. The highest BCUT2D eigenvalue weighted by Crippen LogP contribution is 2.63. The van der Waals surface area contributed by atoms with Gasteiger partial charge in [-0.25, -0.2) is 0 Å². The van der Waals surface area contributed by atoms with Crippen LogP contribution in [0.2, 0.25) is 0 Å². The number of nitrogens with zero attached hydrogens (tertiary/aromatic N) is 1. The Kier molecular flexibility index (Phi) is 3.96. The van der Waals surface area contributed by atoms with Crippen LogP contribution in [0.25, 0.3) is 11.1 Å². The number of hydrogen-bond acceptors (Lipinski definition) is 1. The van der Waals surface area contributed by atoms with Crippen molar-refractivity contribution in [3.63, 3.8) is 0 Å². The third-order valence-electron chi connectivity index (χ3n) is 7.56. The first kappa shape index (κ1) is 19.4. The lowest BCUT2D eigenvalue weighted by Crippen LogP contribution is -2.36. The largest absolute Gasteiger partial charge is 0.310 e. The van der Waals surface area contributed by atoms with Crippen LogP contribution >= 0.6 is 0 Å². The predicted octanol–water partition coefficient (Wildman–Crippen LogP) is 8.45. The second-order valence-electron chi connectivity index (χ2n) is 9.55. The van der Waals surface area contributed by atoms with E-state index in [1.165, 1.54) is 61.6 Å². The van der Waals surface area contributed by atoms with Gasteiger partial charge in [0.1, 0.15) is 0 Å². The monoisotopic (exact) mass is 435 g/mol. The number of fused-ring (bicyclic) bond motifs is 9. The van der Waals surface area contributed by atoms with Gasteiger partial charge in [-0.1, -0.05) is 91.0 Å². The van der Waals surface area contributed by atoms with Crippen LogP contribution in [0.4, 0.5) is 17.1 Å². The Morgan fingerprint density at radius 1 is 0.471 bits per heavy atom. The molecular formula is C33H25N. The van der Waals surface area contributed by atoms with Gasteiger partial charge in [-0.05, 0) is 82.6 Å². The Bertz CT molecular complexity index is 1550. The van der Waals surface area contributed by atoms with E-state index in [0.29, 0.717) is 0 Å². The Morgan fingerprint density at radius 3 is 1.76 bits per heavy atom. The summed E-state index contributed by atoms with van der Waals surface area (Å²) >= 11 is 0. The van der Waals surface area contributed by atoms with Crippen LogP contribution in [-0.2, 0) is 5.41 Å². The molecule has 0 bridgehead atoms. The number of benzene rings is 5. The number of anilines is 3. The van der Waals surface area contributed by atoms with Crippen LogP contribution in [0.1, 0.15) is 33.4 Å². The molecular weight excluding hydrogens is 410 g/mol. The van der Waals surface area contributed by atoms with E-state index < -0.39 is 0 Å². The van der Waals surface area contributed by atoms with E-state index in [0.717, 1.165) is 0 Å². The summed E-state index contributed by atoms with van der Waals surface area (Å²) in [5, 5.41) is 0. The molecule has 0 fully saturated rings. The molecule has 5 aromatic carbocycles. The van der Waals surface area contributed by atoms with E-state index in [1.807, 2.05) is 0 Å². The minimum Gasteiger partial charge on any atom is -0.310 e. The minimum atomic E-state index is -0.340. The zero-order chi connectivity index (χ0) is 22.9. The maximum Gasteiger partial charge on any atom is 0.0754 e. The Labute approximate surface area is 201 Å². The van der Waals surface area contributed by atoms with Crippen molar-refractivity contribution in [1.29, 1.82) is 0 Å². The number of rotatable bonds is 1. The summed E-state index contributed by atoms with van der Waals surface area (Å²) in [6.07, 6.45) is 0. The van der Waals surface area contributed by atoms with Crippen LogP contribution < -0.4 is 4.90 Å². The highest BCUT2D eigenvalue weighted by Gasteiger charge is 2.51. The van der Waals surface area contributed by atoms with Crippen molar-refractivity contribution in [3.05, 3.63) is 149 Å². The predicted molar refractivity (Wildman–Crippen MR) is 141 cm³/mol. The van der Waals surface area contributed by atoms with Gasteiger partial charge in [-0.3, -0.25) is 0 Å². The molecule has 0 saturated carbocycles. The summed E-state index contributed by atoms with van der Waals surface area (Å²) in [5.74, 6) is 0. The van der Waals surface area contributed by atoms with Crippen LogP contribution in [0.3, 0.4) is 0 Å². The van der Waals surface area contributed by atoms with Crippen molar-refractivity contribution in [2.75, 3.05) is 4.90 Å². The lowest BCUT2D eigenvalue weighted by Gasteiger charge is -2.45. The fourth-order valence-corrected chi connectivity index (χ4v) is 6.26. The van der Waals surface area contributed by atoms with Gasteiger partial charge in [0.25, 0.3) is 0 Å². The van der Waals surface area contributed by atoms with Crippen molar-refractivity contribution in [2.24, 2.45) is 0 Å². The van der Waals surface area contributed by atoms with E-state index in [2.05, 4.69) is 134 Å². The molecule has 0 saturated heterocycles. The summed E-state index contributed by atoms with van der Waals surface area (Å²) in [5.41, 5.74) is 14.0. The molecule has 34 heavy (non-hydrogen) atoms. The molecule has 7 rings (SSSR count). The van der Waals surface area contributed by atoms with Crippen molar-refractivity contribution in [2.45, 2.75) is 19.3 Å². The number of para-hydroxylation sites is 1. The SMILES string of the molecule is Cc1cccc(N2c3ccccc3C3(c4ccccc4-c4ccccc43)c3ccc(C)cc32)c1. The Balaban J connectivity index is 1.67. The van der Waals surface area contributed by atoms with Gasteiger partial charge >= 0.3 is 0 Å². The normalized spacial score (nSPS) is 14.4. The third-order valence-corrected chi connectivity index (χ3v) is 7.56. The van der Waals surface area contributed by atoms with Gasteiger partial charge in [0.2, 0.25) is 0 Å². The summed E-state index contributed by atoms with van der Waals surface area (Å²) in [6, 6.07) is 42.8. The molecule has 1 spiro atoms. The lowest BCUT2D eigenvalue weighted by molar-refractivity contribution is 0.752. The maximum absolute atomic E-state index is 2.46. The molecule has 1 aliphatic carbocycles. The molecule has 0 unspecified atom stereocenters. The van der Waals surface area contributed by atoms with Crippen molar-refractivity contribution >= 4 is 17.1 Å². The molecule has 1 heterocycles. The zero-order valence-corrected chi connectivity index (χ0v) is 19.4. The van der Waals surface area contributed by atoms with Gasteiger partial charge in [0, 0.05) is 5.69 Å². The topological polar surface area (TPSA) is 3.24 Å². The molecule has 0 radical (unpaired) electrons. The molecule has 1 aliphatic heterocycles. The lowest BCUT2D eigenvalue weighted by atomic mass is 9.64. The van der Waals surface area contributed by atoms with E-state index >= 15 is 0 Å². The molecule has 1 heteroatoms. The molecule has 2 aliphatic rings. The smallest absolute Gasteiger partial charge is 0.0754 e. The van der Waals surface area contributed by atoms with E-state index in [-0.39, 0.29) is 5.41 Å². The van der Waals surface area contributed by atoms with Gasteiger partial charge in [0.15, 0.2) is 0 Å². The average molecular weight is 436 g/mol. The first-order valence-electron chi connectivity index (χ1n) is 12.0. The van der Waals surface area contributed by atoms with Gasteiger partial charge in [0.05, 0.1) is 16.8 Å². The second-order valence-corrected chi connectivity index (χ2v) is 9.55. The minimum absolute atomic E-state index is 0.340. The highest BCUT2D eigenvalue weighted by molar-refractivity contribution is 5.95. The fourth-order valence-electron chi connectivity index (χ4n) is 6.26. The standard InChI is InChI=1S/C33H25N/c1-22-10-9-11-24(20-22)34-31-17-8-7-16-29(31)33(30-19-18-23(2)21-32(30)34)27-14-5-3-12-25(27)26-13-4-6-15-28(26)33/h3-21H,1-2H3. The molecule has 0 amide bonds. The molecule has 162 valence electrons. The van der Waals surface area contributed by atoms with Crippen molar-refractivity contribution in [3.8, 4) is 11.1 Å². The molecule has 1 nitrogen and oxygen atoms in total. The van der Waals surface area contributed by atoms with Crippen LogP contribution in [0, 0.1) is 13.8 Å². The number of aryl methyl sites for hydroxylation is 2. The van der Waals surface area contributed by atoms with Crippen LogP contribution in [0.5, 0.6) is 0 Å². The zero-order valence-electron chi connectivity index (χ0n) is 19.4. The highest BCUT2D eigenvalue weighted by atomic mass is 15.2. The van der Waals surface area contributed by atoms with Crippen molar-refractivity contribution in [1.82, 2.24) is 0 Å². The van der Waals surface area contributed by atoms with Crippen LogP contribution in [-0.4, -0.2) is 0 Å². The molecule has 0 atom stereocenters. The fraction of sp³-hybridized carbons (Fsp3) is 0.0909. The van der Waals surface area contributed by atoms with Gasteiger partial charge < -0.3 is 4.90 Å². The van der Waals surface area contributed by atoms with Gasteiger partial charge in [-0.15, -0.1) is 0 Å². The first-order valence-corrected chi connectivity index (χ1v) is 12.0. The van der Waals surface area contributed by atoms with Gasteiger partial charge in [-0.2, -0.15) is 0 Å². The Morgan fingerprint density at radius 2 is 1.06 bits per heavy atom. The summed E-state index contributed by atoms with van der Waals surface area (Å²) < 4.78 is 0. The van der Waals surface area contributed by atoms with Crippen molar-refractivity contribution < 1.29 is 0 Å². The molecule has 0 aromatic heterocycles. The maximum atomic E-state index is 2.46. The quantitative estimate of drug-likeness (QED) is 0.250. The third kappa shape index (κ3) is 2.39. The van der Waals surface area contributed by atoms with E-state index in [1.54, 1.807) is 0 Å². The second kappa shape index (κ2) is 6.95. The summed E-state index contributed by atoms with van der Waals surface area (Å²) in [4.78, 5) is 2.46. The summed E-state index contributed by atoms with van der Waals surface area (Å²) in [6.45, 7) is 4.36. The first-order chi connectivity index (χ1) is 16.7. The van der Waals surface area contributed by atoms with E-state index in [9.17, 15) is 0 Å². The molecule has 0 N–H and O–H groups in total. The van der Waals surface area contributed by atoms with E-state index in [4.69, 9.17) is 0 Å². The number of hydrogen-bond donors (Lipinski definition) is 0. The Hall–Kier alpha value is -4.10.